The van der Waals surface area contributed by atoms with Crippen LogP contribution in [0.15, 0.2) is 12.3 Å². The molecule has 1 aromatic rings. The van der Waals surface area contributed by atoms with Crippen molar-refractivity contribution in [1.82, 2.24) is 4.98 Å². The summed E-state index contributed by atoms with van der Waals surface area (Å²) in [6.45, 7) is 3.36. The number of nitrogens with one attached hydrogen (secondary N) is 1. The number of pyridine rings is 1. The smallest absolute Gasteiger partial charge is 0.329 e. The van der Waals surface area contributed by atoms with Gasteiger partial charge in [-0.3, -0.25) is 10.1 Å². The van der Waals surface area contributed by atoms with Crippen molar-refractivity contribution in [1.29, 1.82) is 5.26 Å². The van der Waals surface area contributed by atoms with Gasteiger partial charge in [-0.1, -0.05) is 5.92 Å². The van der Waals surface area contributed by atoms with Crippen molar-refractivity contribution in [2.75, 3.05) is 5.32 Å². The van der Waals surface area contributed by atoms with E-state index in [0.29, 0.717) is 0 Å². The van der Waals surface area contributed by atoms with E-state index in [0.717, 1.165) is 0 Å². The lowest BCUT2D eigenvalue weighted by atomic mass is 10.1. The molecule has 0 saturated carbocycles. The number of nitriles is 1. The maximum atomic E-state index is 10.9. The van der Waals surface area contributed by atoms with E-state index in [1.54, 1.807) is 19.9 Å². The van der Waals surface area contributed by atoms with E-state index in [4.69, 9.17) is 11.7 Å². The van der Waals surface area contributed by atoms with Gasteiger partial charge in [-0.15, -0.1) is 6.42 Å². The second-order valence-electron chi connectivity index (χ2n) is 3.82. The predicted octanol–water partition coefficient (Wildman–Crippen LogP) is 1.69. The first-order valence-electron chi connectivity index (χ1n) is 4.70. The monoisotopic (exact) mass is 230 g/mol. The molecule has 0 unspecified atom stereocenters. The lowest BCUT2D eigenvalue weighted by molar-refractivity contribution is -0.384. The third kappa shape index (κ3) is 2.70. The van der Waals surface area contributed by atoms with E-state index in [9.17, 15) is 10.1 Å². The van der Waals surface area contributed by atoms with Gasteiger partial charge in [0.2, 0.25) is 5.82 Å². The summed E-state index contributed by atoms with van der Waals surface area (Å²) < 4.78 is 0. The van der Waals surface area contributed by atoms with Gasteiger partial charge in [0, 0.05) is 6.20 Å². The standard InChI is InChI=1S/C11H10N4O2/c1-4-11(2,3)14-10-9(15(16)17)8(7-12)5-6-13-10/h1,5-6H,2-3H3,(H,13,14). The SMILES string of the molecule is C#CC(C)(C)Nc1nccc(C#N)c1[N+](=O)[O-]. The van der Waals surface area contributed by atoms with Gasteiger partial charge < -0.3 is 5.32 Å². The van der Waals surface area contributed by atoms with Gasteiger partial charge >= 0.3 is 5.69 Å². The summed E-state index contributed by atoms with van der Waals surface area (Å²) >= 11 is 0. The summed E-state index contributed by atoms with van der Waals surface area (Å²) in [5.74, 6) is 2.43. The van der Waals surface area contributed by atoms with Crippen molar-refractivity contribution in [2.45, 2.75) is 19.4 Å². The van der Waals surface area contributed by atoms with E-state index in [1.807, 2.05) is 0 Å². The Kier molecular flexibility index (Phi) is 3.30. The molecule has 0 aliphatic carbocycles. The first-order chi connectivity index (χ1) is 7.91. The third-order valence-corrected chi connectivity index (χ3v) is 2.02. The molecule has 86 valence electrons. The molecule has 17 heavy (non-hydrogen) atoms. The molecule has 0 radical (unpaired) electrons. The quantitative estimate of drug-likeness (QED) is 0.484. The second kappa shape index (κ2) is 4.50. The number of aromatic nitrogens is 1. The number of rotatable bonds is 3. The first-order valence-corrected chi connectivity index (χ1v) is 4.70. The summed E-state index contributed by atoms with van der Waals surface area (Å²) in [4.78, 5) is 14.1. The Labute approximate surface area is 98.4 Å². The van der Waals surface area contributed by atoms with Crippen LogP contribution < -0.4 is 5.32 Å². The van der Waals surface area contributed by atoms with Crippen LogP contribution >= 0.6 is 0 Å². The number of terminal acetylenes is 1. The summed E-state index contributed by atoms with van der Waals surface area (Å²) in [7, 11) is 0. The average Bonchev–Trinajstić information content (AvgIpc) is 2.27. The Morgan fingerprint density at radius 2 is 2.29 bits per heavy atom. The van der Waals surface area contributed by atoms with E-state index in [2.05, 4.69) is 16.2 Å². The molecule has 6 nitrogen and oxygen atoms in total. The highest BCUT2D eigenvalue weighted by atomic mass is 16.6. The molecule has 0 aliphatic heterocycles. The molecule has 0 bridgehead atoms. The number of hydrogen-bond acceptors (Lipinski definition) is 5. The van der Waals surface area contributed by atoms with Crippen LogP contribution in [0.5, 0.6) is 0 Å². The van der Waals surface area contributed by atoms with Crippen LogP contribution in [0.25, 0.3) is 0 Å². The van der Waals surface area contributed by atoms with Crippen LogP contribution in [0.2, 0.25) is 0 Å². The molecule has 0 atom stereocenters. The van der Waals surface area contributed by atoms with Crippen LogP contribution in [-0.2, 0) is 0 Å². The van der Waals surface area contributed by atoms with Gasteiger partial charge in [-0.2, -0.15) is 5.26 Å². The van der Waals surface area contributed by atoms with Crippen LogP contribution in [0.4, 0.5) is 11.5 Å². The van der Waals surface area contributed by atoms with Gasteiger partial charge in [0.25, 0.3) is 0 Å². The van der Waals surface area contributed by atoms with Gasteiger partial charge in [-0.05, 0) is 19.9 Å². The van der Waals surface area contributed by atoms with Crippen molar-refractivity contribution < 1.29 is 4.92 Å². The molecule has 0 spiro atoms. The molecular formula is C11H10N4O2. The predicted molar refractivity (Wildman–Crippen MR) is 62.1 cm³/mol. The molecule has 0 fully saturated rings. The van der Waals surface area contributed by atoms with Crippen LogP contribution in [0.1, 0.15) is 19.4 Å². The minimum atomic E-state index is -0.786. The zero-order valence-electron chi connectivity index (χ0n) is 9.39. The Hall–Kier alpha value is -2.60. The van der Waals surface area contributed by atoms with Crippen molar-refractivity contribution in [3.05, 3.63) is 27.9 Å². The fourth-order valence-electron chi connectivity index (χ4n) is 1.15. The lowest BCUT2D eigenvalue weighted by Crippen LogP contribution is -2.29. The highest BCUT2D eigenvalue weighted by Gasteiger charge is 2.25. The zero-order chi connectivity index (χ0) is 13.1. The van der Waals surface area contributed by atoms with E-state index >= 15 is 0 Å². The third-order valence-electron chi connectivity index (χ3n) is 2.02. The Balaban J connectivity index is 3.32. The highest BCUT2D eigenvalue weighted by Crippen LogP contribution is 2.27. The fourth-order valence-corrected chi connectivity index (χ4v) is 1.15. The summed E-state index contributed by atoms with van der Waals surface area (Å²) in [6.07, 6.45) is 6.60. The van der Waals surface area contributed by atoms with Gasteiger partial charge in [-0.25, -0.2) is 4.98 Å². The minimum Gasteiger partial charge on any atom is -0.349 e. The van der Waals surface area contributed by atoms with Crippen molar-refractivity contribution >= 4 is 11.5 Å². The molecule has 6 heteroatoms. The van der Waals surface area contributed by atoms with Crippen molar-refractivity contribution in [3.8, 4) is 18.4 Å². The second-order valence-corrected chi connectivity index (χ2v) is 3.82. The van der Waals surface area contributed by atoms with Crippen molar-refractivity contribution in [2.24, 2.45) is 0 Å². The Morgan fingerprint density at radius 3 is 2.76 bits per heavy atom. The molecule has 1 rings (SSSR count). The van der Waals surface area contributed by atoms with E-state index < -0.39 is 10.5 Å². The Bertz CT molecular complexity index is 537. The molecule has 0 amide bonds. The molecular weight excluding hydrogens is 220 g/mol. The van der Waals surface area contributed by atoms with E-state index in [-0.39, 0.29) is 17.1 Å². The molecule has 0 aromatic carbocycles. The van der Waals surface area contributed by atoms with Gasteiger partial charge in [0.1, 0.15) is 11.6 Å². The van der Waals surface area contributed by atoms with Crippen molar-refractivity contribution in [3.63, 3.8) is 0 Å². The largest absolute Gasteiger partial charge is 0.349 e. The lowest BCUT2D eigenvalue weighted by Gasteiger charge is -2.19. The van der Waals surface area contributed by atoms with Crippen LogP contribution in [0.3, 0.4) is 0 Å². The Morgan fingerprint density at radius 1 is 1.65 bits per heavy atom. The van der Waals surface area contributed by atoms with Crippen LogP contribution in [0, 0.1) is 33.8 Å². The maximum absolute atomic E-state index is 10.9. The highest BCUT2D eigenvalue weighted by molar-refractivity contribution is 5.65. The first kappa shape index (κ1) is 12.5. The normalized spacial score (nSPS) is 10.1. The summed E-state index contributed by atoms with van der Waals surface area (Å²) in [6, 6.07) is 3.03. The maximum Gasteiger partial charge on any atom is 0.329 e. The molecule has 1 heterocycles. The minimum absolute atomic E-state index is 0.00278. The van der Waals surface area contributed by atoms with E-state index in [1.165, 1.54) is 12.3 Å². The fraction of sp³-hybridized carbons (Fsp3) is 0.273. The molecule has 1 aromatic heterocycles. The number of nitro groups is 1. The molecule has 1 N–H and O–H groups in total. The number of anilines is 1. The zero-order valence-corrected chi connectivity index (χ0v) is 9.39. The topological polar surface area (TPSA) is 91.8 Å². The number of hydrogen-bond donors (Lipinski definition) is 1. The van der Waals surface area contributed by atoms with Gasteiger partial charge in [0.05, 0.1) is 10.5 Å². The van der Waals surface area contributed by atoms with Gasteiger partial charge in [0.15, 0.2) is 0 Å². The number of nitrogens with zero attached hydrogens (tertiary/aromatic N) is 3. The summed E-state index contributed by atoms with van der Waals surface area (Å²) in [5, 5.41) is 22.4. The van der Waals surface area contributed by atoms with Crippen LogP contribution in [-0.4, -0.2) is 15.4 Å². The molecule has 0 saturated heterocycles. The molecule has 0 aliphatic rings. The summed E-state index contributed by atoms with van der Waals surface area (Å²) in [5.41, 5.74) is -1.20. The average molecular weight is 230 g/mol.